The molecule has 1 aromatic heterocycles. The second-order valence-corrected chi connectivity index (χ2v) is 3.31. The first kappa shape index (κ1) is 10.7. The van der Waals surface area contributed by atoms with Crippen molar-refractivity contribution in [1.82, 2.24) is 4.98 Å². The zero-order chi connectivity index (χ0) is 10.8. The van der Waals surface area contributed by atoms with Gasteiger partial charge in [-0.2, -0.15) is 0 Å². The lowest BCUT2D eigenvalue weighted by atomic mass is 10.3. The van der Waals surface area contributed by atoms with Gasteiger partial charge in [0.25, 0.3) is 5.92 Å². The van der Waals surface area contributed by atoms with E-state index in [1.165, 1.54) is 0 Å². The lowest BCUT2D eigenvalue weighted by Gasteiger charge is -2.13. The number of aryl methyl sites for hydroxylation is 1. The van der Waals surface area contributed by atoms with Crippen LogP contribution in [0.2, 0.25) is 0 Å². The highest BCUT2D eigenvalue weighted by atomic mass is 19.3. The molecule has 0 bridgehead atoms. The summed E-state index contributed by atoms with van der Waals surface area (Å²) in [6.07, 6.45) is 0. The van der Waals surface area contributed by atoms with E-state index in [2.05, 4.69) is 10.3 Å². The van der Waals surface area contributed by atoms with Crippen molar-refractivity contribution >= 4 is 11.5 Å². The smallest absolute Gasteiger partial charge is 0.262 e. The van der Waals surface area contributed by atoms with Crippen molar-refractivity contribution in [3.05, 3.63) is 17.8 Å². The van der Waals surface area contributed by atoms with Gasteiger partial charge in [0.2, 0.25) is 0 Å². The third kappa shape index (κ3) is 3.16. The molecular formula is C9H13F2N3. The summed E-state index contributed by atoms with van der Waals surface area (Å²) < 4.78 is 25.0. The van der Waals surface area contributed by atoms with E-state index in [1.807, 2.05) is 0 Å². The second-order valence-electron chi connectivity index (χ2n) is 3.31. The third-order valence-electron chi connectivity index (χ3n) is 1.63. The Morgan fingerprint density at radius 1 is 1.50 bits per heavy atom. The van der Waals surface area contributed by atoms with Gasteiger partial charge in [0.15, 0.2) is 0 Å². The van der Waals surface area contributed by atoms with Crippen molar-refractivity contribution in [3.8, 4) is 0 Å². The van der Waals surface area contributed by atoms with Gasteiger partial charge in [0.1, 0.15) is 5.82 Å². The fourth-order valence-corrected chi connectivity index (χ4v) is 0.948. The maximum Gasteiger partial charge on any atom is 0.262 e. The molecule has 3 N–H and O–H groups in total. The van der Waals surface area contributed by atoms with Crippen molar-refractivity contribution in [2.24, 2.45) is 0 Å². The molecule has 0 amide bonds. The van der Waals surface area contributed by atoms with Crippen LogP contribution in [0.4, 0.5) is 20.3 Å². The number of aromatic nitrogens is 1. The summed E-state index contributed by atoms with van der Waals surface area (Å²) in [6.45, 7) is 2.15. The Labute approximate surface area is 81.3 Å². The van der Waals surface area contributed by atoms with E-state index in [4.69, 9.17) is 5.73 Å². The number of nitrogens with zero attached hydrogens (tertiary/aromatic N) is 1. The third-order valence-corrected chi connectivity index (χ3v) is 1.63. The monoisotopic (exact) mass is 201 g/mol. The van der Waals surface area contributed by atoms with E-state index in [9.17, 15) is 8.78 Å². The number of anilines is 2. The van der Waals surface area contributed by atoms with E-state index in [-0.39, 0.29) is 0 Å². The molecule has 5 heteroatoms. The highest BCUT2D eigenvalue weighted by Gasteiger charge is 2.20. The normalized spacial score (nSPS) is 11.4. The lowest BCUT2D eigenvalue weighted by molar-refractivity contribution is 0.0367. The quantitative estimate of drug-likeness (QED) is 0.786. The number of alkyl halides is 2. The predicted octanol–water partition coefficient (Wildman–Crippen LogP) is 2.04. The van der Waals surface area contributed by atoms with E-state index in [0.717, 1.165) is 12.6 Å². The van der Waals surface area contributed by atoms with Crippen LogP contribution < -0.4 is 11.1 Å². The van der Waals surface area contributed by atoms with Crippen LogP contribution in [0, 0.1) is 6.92 Å². The predicted molar refractivity (Wildman–Crippen MR) is 52.5 cm³/mol. The number of nitrogen functional groups attached to an aromatic ring is 1. The molecule has 0 aliphatic rings. The minimum atomic E-state index is -2.77. The molecule has 0 aliphatic heterocycles. The fraction of sp³-hybridized carbons (Fsp3) is 0.444. The molecule has 78 valence electrons. The Bertz CT molecular complexity index is 320. The maximum atomic E-state index is 12.5. The fourth-order valence-electron chi connectivity index (χ4n) is 0.948. The van der Waals surface area contributed by atoms with Gasteiger partial charge in [-0.05, 0) is 19.1 Å². The summed E-state index contributed by atoms with van der Waals surface area (Å²) in [7, 11) is 0. The molecule has 3 nitrogen and oxygen atoms in total. The average Bonchev–Trinajstić information content (AvgIpc) is 2.05. The summed E-state index contributed by atoms with van der Waals surface area (Å²) in [5.41, 5.74) is 6.66. The number of nitrogens with two attached hydrogens (primary N) is 1. The molecule has 0 atom stereocenters. The van der Waals surface area contributed by atoms with Crippen molar-refractivity contribution in [2.45, 2.75) is 19.8 Å². The number of pyridine rings is 1. The van der Waals surface area contributed by atoms with Gasteiger partial charge in [0.05, 0.1) is 12.2 Å². The Morgan fingerprint density at radius 2 is 2.14 bits per heavy atom. The van der Waals surface area contributed by atoms with E-state index < -0.39 is 12.5 Å². The number of hydrogen-bond donors (Lipinski definition) is 2. The lowest BCUT2D eigenvalue weighted by Crippen LogP contribution is -2.23. The molecule has 1 heterocycles. The van der Waals surface area contributed by atoms with Crippen LogP contribution in [0.3, 0.4) is 0 Å². The van der Waals surface area contributed by atoms with E-state index >= 15 is 0 Å². The largest absolute Gasteiger partial charge is 0.396 e. The number of rotatable bonds is 3. The van der Waals surface area contributed by atoms with Crippen molar-refractivity contribution in [2.75, 3.05) is 17.6 Å². The molecule has 0 aromatic carbocycles. The molecule has 0 aliphatic carbocycles. The first-order valence-electron chi connectivity index (χ1n) is 4.23. The SMILES string of the molecule is Cc1ccc(N)c(NCC(C)(F)F)n1. The van der Waals surface area contributed by atoms with Crippen molar-refractivity contribution < 1.29 is 8.78 Å². The highest BCUT2D eigenvalue weighted by molar-refractivity contribution is 5.61. The Kier molecular flexibility index (Phi) is 2.88. The van der Waals surface area contributed by atoms with Crippen LogP contribution in [-0.2, 0) is 0 Å². The molecule has 1 rings (SSSR count). The van der Waals surface area contributed by atoms with Crippen molar-refractivity contribution in [3.63, 3.8) is 0 Å². The van der Waals surface area contributed by atoms with Gasteiger partial charge < -0.3 is 11.1 Å². The Balaban J connectivity index is 2.72. The molecule has 0 radical (unpaired) electrons. The minimum Gasteiger partial charge on any atom is -0.396 e. The number of nitrogens with one attached hydrogen (secondary N) is 1. The second kappa shape index (κ2) is 3.77. The average molecular weight is 201 g/mol. The summed E-state index contributed by atoms with van der Waals surface area (Å²) >= 11 is 0. The van der Waals surface area contributed by atoms with Crippen LogP contribution in [0.1, 0.15) is 12.6 Å². The number of halogens is 2. The summed E-state index contributed by atoms with van der Waals surface area (Å²) in [5, 5.41) is 2.51. The topological polar surface area (TPSA) is 50.9 Å². The minimum absolute atomic E-state index is 0.312. The van der Waals surface area contributed by atoms with E-state index in [1.54, 1.807) is 19.1 Å². The molecule has 0 saturated carbocycles. The molecule has 1 aromatic rings. The first-order valence-corrected chi connectivity index (χ1v) is 4.23. The molecule has 0 saturated heterocycles. The van der Waals surface area contributed by atoms with Crippen molar-refractivity contribution in [1.29, 1.82) is 0 Å². The maximum absolute atomic E-state index is 12.5. The molecule has 0 spiro atoms. The summed E-state index contributed by atoms with van der Waals surface area (Å²) in [6, 6.07) is 3.36. The Hall–Kier alpha value is -1.39. The summed E-state index contributed by atoms with van der Waals surface area (Å²) in [4.78, 5) is 4.01. The molecular weight excluding hydrogens is 188 g/mol. The van der Waals surface area contributed by atoms with Crippen LogP contribution in [-0.4, -0.2) is 17.5 Å². The molecule has 0 unspecified atom stereocenters. The van der Waals surface area contributed by atoms with Gasteiger partial charge in [0, 0.05) is 12.6 Å². The standard InChI is InChI=1S/C9H13F2N3/c1-6-3-4-7(12)8(14-6)13-5-9(2,10)11/h3-4H,5,12H2,1-2H3,(H,13,14). The van der Waals surface area contributed by atoms with Crippen LogP contribution >= 0.6 is 0 Å². The van der Waals surface area contributed by atoms with Gasteiger partial charge in [-0.15, -0.1) is 0 Å². The zero-order valence-electron chi connectivity index (χ0n) is 8.14. The van der Waals surface area contributed by atoms with Gasteiger partial charge >= 0.3 is 0 Å². The molecule has 0 fully saturated rings. The zero-order valence-corrected chi connectivity index (χ0v) is 8.14. The summed E-state index contributed by atoms with van der Waals surface area (Å²) in [5.74, 6) is -2.45. The van der Waals surface area contributed by atoms with E-state index in [0.29, 0.717) is 11.5 Å². The first-order chi connectivity index (χ1) is 6.38. The number of hydrogen-bond acceptors (Lipinski definition) is 3. The van der Waals surface area contributed by atoms with Gasteiger partial charge in [-0.1, -0.05) is 0 Å². The van der Waals surface area contributed by atoms with Crippen LogP contribution in [0.5, 0.6) is 0 Å². The Morgan fingerprint density at radius 3 is 2.71 bits per heavy atom. The van der Waals surface area contributed by atoms with Crippen LogP contribution in [0.25, 0.3) is 0 Å². The molecule has 14 heavy (non-hydrogen) atoms. The van der Waals surface area contributed by atoms with Gasteiger partial charge in [-0.25, -0.2) is 13.8 Å². The van der Waals surface area contributed by atoms with Gasteiger partial charge in [-0.3, -0.25) is 0 Å². The van der Waals surface area contributed by atoms with Crippen LogP contribution in [0.15, 0.2) is 12.1 Å². The highest BCUT2D eigenvalue weighted by Crippen LogP contribution is 2.18.